The zero-order chi connectivity index (χ0) is 13.5. The summed E-state index contributed by atoms with van der Waals surface area (Å²) in [5, 5.41) is 3.57. The van der Waals surface area contributed by atoms with Crippen molar-refractivity contribution >= 4 is 5.69 Å². The first-order valence-corrected chi connectivity index (χ1v) is 7.05. The van der Waals surface area contributed by atoms with Crippen LogP contribution >= 0.6 is 0 Å². The van der Waals surface area contributed by atoms with E-state index in [1.54, 1.807) is 6.07 Å². The fourth-order valence-electron chi connectivity index (χ4n) is 3.43. The van der Waals surface area contributed by atoms with Crippen molar-refractivity contribution in [2.75, 3.05) is 11.9 Å². The van der Waals surface area contributed by atoms with Gasteiger partial charge in [0.25, 0.3) is 0 Å². The topological polar surface area (TPSA) is 21.3 Å². The first-order chi connectivity index (χ1) is 9.83. The summed E-state index contributed by atoms with van der Waals surface area (Å²) in [7, 11) is 0. The maximum absolute atomic E-state index is 13.5. The normalized spacial score (nSPS) is 27.6. The van der Waals surface area contributed by atoms with Crippen LogP contribution in [0.15, 0.2) is 48.5 Å². The van der Waals surface area contributed by atoms with Gasteiger partial charge in [0.1, 0.15) is 5.82 Å². The highest BCUT2D eigenvalue weighted by Crippen LogP contribution is 2.49. The molecule has 0 bridgehead atoms. The highest BCUT2D eigenvalue weighted by Gasteiger charge is 2.41. The summed E-state index contributed by atoms with van der Waals surface area (Å²) < 4.78 is 19.4. The van der Waals surface area contributed by atoms with Crippen LogP contribution in [0.5, 0.6) is 0 Å². The Balaban J connectivity index is 1.79. The Morgan fingerprint density at radius 2 is 1.95 bits per heavy atom. The van der Waals surface area contributed by atoms with Crippen LogP contribution in [0.1, 0.15) is 29.7 Å². The van der Waals surface area contributed by atoms with Crippen LogP contribution in [0.2, 0.25) is 0 Å². The van der Waals surface area contributed by atoms with Crippen molar-refractivity contribution in [1.82, 2.24) is 0 Å². The highest BCUT2D eigenvalue weighted by molar-refractivity contribution is 5.57. The predicted octanol–water partition coefficient (Wildman–Crippen LogP) is 4.07. The molecule has 1 saturated heterocycles. The highest BCUT2D eigenvalue weighted by atomic mass is 19.1. The quantitative estimate of drug-likeness (QED) is 0.842. The molecule has 4 rings (SSSR count). The van der Waals surface area contributed by atoms with Crippen LogP contribution in [-0.2, 0) is 4.74 Å². The fraction of sp³-hybridized carbons (Fsp3) is 0.294. The lowest BCUT2D eigenvalue weighted by atomic mass is 9.81. The first kappa shape index (κ1) is 11.9. The summed E-state index contributed by atoms with van der Waals surface area (Å²) in [4.78, 5) is 0. The summed E-state index contributed by atoms with van der Waals surface area (Å²) in [5.41, 5.74) is 3.21. The summed E-state index contributed by atoms with van der Waals surface area (Å²) in [6.45, 7) is 0.746. The Kier molecular flexibility index (Phi) is 2.74. The van der Waals surface area contributed by atoms with Crippen LogP contribution in [0.3, 0.4) is 0 Å². The smallest absolute Gasteiger partial charge is 0.123 e. The van der Waals surface area contributed by atoms with Gasteiger partial charge >= 0.3 is 0 Å². The minimum atomic E-state index is -0.196. The van der Waals surface area contributed by atoms with Crippen molar-refractivity contribution in [1.29, 1.82) is 0 Å². The summed E-state index contributed by atoms with van der Waals surface area (Å²) in [5.74, 6) is 0.171. The van der Waals surface area contributed by atoms with Gasteiger partial charge in [-0.1, -0.05) is 30.3 Å². The molecule has 20 heavy (non-hydrogen) atoms. The maximum atomic E-state index is 13.5. The molecule has 0 unspecified atom stereocenters. The number of nitrogens with one attached hydrogen (secondary N) is 1. The molecular weight excluding hydrogens is 253 g/mol. The number of anilines is 1. The van der Waals surface area contributed by atoms with Gasteiger partial charge in [0, 0.05) is 23.8 Å². The third-order valence-electron chi connectivity index (χ3n) is 4.36. The molecule has 2 aliphatic rings. The average molecular weight is 269 g/mol. The molecule has 0 spiro atoms. The Morgan fingerprint density at radius 3 is 2.80 bits per heavy atom. The van der Waals surface area contributed by atoms with Crippen molar-refractivity contribution in [3.05, 3.63) is 65.5 Å². The second-order valence-corrected chi connectivity index (χ2v) is 5.51. The minimum absolute atomic E-state index is 0.00663. The summed E-state index contributed by atoms with van der Waals surface area (Å²) in [6, 6.07) is 15.6. The van der Waals surface area contributed by atoms with Gasteiger partial charge in [-0.25, -0.2) is 4.39 Å². The van der Waals surface area contributed by atoms with Crippen LogP contribution in [0.25, 0.3) is 0 Å². The lowest BCUT2D eigenvalue weighted by Crippen LogP contribution is -2.29. The van der Waals surface area contributed by atoms with E-state index in [0.717, 1.165) is 24.3 Å². The second-order valence-electron chi connectivity index (χ2n) is 5.51. The average Bonchev–Trinajstić information content (AvgIpc) is 2.97. The largest absolute Gasteiger partial charge is 0.378 e. The van der Waals surface area contributed by atoms with Crippen LogP contribution < -0.4 is 5.32 Å². The third kappa shape index (κ3) is 1.81. The summed E-state index contributed by atoms with van der Waals surface area (Å²) >= 11 is 0. The number of halogens is 1. The van der Waals surface area contributed by atoms with Crippen molar-refractivity contribution in [2.45, 2.75) is 18.6 Å². The Labute approximate surface area is 117 Å². The number of hydrogen-bond donors (Lipinski definition) is 1. The van der Waals surface area contributed by atoms with Crippen LogP contribution in [0.4, 0.5) is 10.1 Å². The molecule has 102 valence electrons. The first-order valence-electron chi connectivity index (χ1n) is 7.05. The Morgan fingerprint density at radius 1 is 1.10 bits per heavy atom. The van der Waals surface area contributed by atoms with Gasteiger partial charge in [0.05, 0.1) is 12.1 Å². The lowest BCUT2D eigenvalue weighted by Gasteiger charge is -2.36. The third-order valence-corrected chi connectivity index (χ3v) is 4.36. The van der Waals surface area contributed by atoms with E-state index in [2.05, 4.69) is 29.6 Å². The van der Waals surface area contributed by atoms with Crippen molar-refractivity contribution in [2.24, 2.45) is 5.92 Å². The van der Waals surface area contributed by atoms with Gasteiger partial charge in [-0.15, -0.1) is 0 Å². The zero-order valence-corrected chi connectivity index (χ0v) is 11.1. The van der Waals surface area contributed by atoms with Crippen LogP contribution in [0, 0.1) is 11.7 Å². The van der Waals surface area contributed by atoms with Gasteiger partial charge in [-0.05, 0) is 30.2 Å². The van der Waals surface area contributed by atoms with Gasteiger partial charge < -0.3 is 10.1 Å². The number of rotatable bonds is 1. The fourth-order valence-corrected chi connectivity index (χ4v) is 3.43. The number of hydrogen-bond acceptors (Lipinski definition) is 2. The number of ether oxygens (including phenoxy) is 1. The SMILES string of the molecule is Fc1ccc2c(c1)[C@@H]1OCC[C@@H]1[C@H](c1ccccc1)N2. The molecule has 0 amide bonds. The molecule has 1 fully saturated rings. The minimum Gasteiger partial charge on any atom is -0.378 e. The summed E-state index contributed by atoms with van der Waals surface area (Å²) in [6.07, 6.45) is 1.01. The molecule has 2 heterocycles. The van der Waals surface area contributed by atoms with E-state index < -0.39 is 0 Å². The van der Waals surface area contributed by atoms with E-state index in [1.165, 1.54) is 11.6 Å². The van der Waals surface area contributed by atoms with E-state index in [1.807, 2.05) is 12.1 Å². The molecule has 3 atom stereocenters. The molecule has 0 saturated carbocycles. The van der Waals surface area contributed by atoms with Gasteiger partial charge in [0.15, 0.2) is 0 Å². The molecule has 2 aromatic carbocycles. The molecule has 0 aromatic heterocycles. The number of benzene rings is 2. The number of fused-ring (bicyclic) bond motifs is 3. The van der Waals surface area contributed by atoms with Crippen molar-refractivity contribution in [3.63, 3.8) is 0 Å². The molecule has 2 aromatic rings. The Hall–Kier alpha value is -1.87. The van der Waals surface area contributed by atoms with Gasteiger partial charge in [-0.2, -0.15) is 0 Å². The lowest BCUT2D eigenvalue weighted by molar-refractivity contribution is 0.0826. The molecule has 1 N–H and O–H groups in total. The van der Waals surface area contributed by atoms with Gasteiger partial charge in [0.2, 0.25) is 0 Å². The second kappa shape index (κ2) is 4.60. The monoisotopic (exact) mass is 269 g/mol. The maximum Gasteiger partial charge on any atom is 0.123 e. The van der Waals surface area contributed by atoms with Crippen molar-refractivity contribution < 1.29 is 9.13 Å². The zero-order valence-electron chi connectivity index (χ0n) is 11.1. The van der Waals surface area contributed by atoms with E-state index in [-0.39, 0.29) is 18.0 Å². The molecule has 3 heteroatoms. The van der Waals surface area contributed by atoms with E-state index in [9.17, 15) is 4.39 Å². The van der Waals surface area contributed by atoms with E-state index in [4.69, 9.17) is 4.74 Å². The predicted molar refractivity (Wildman–Crippen MR) is 76.0 cm³/mol. The molecular formula is C17H16FNO. The molecule has 2 nitrogen and oxygen atoms in total. The Bertz CT molecular complexity index is 628. The van der Waals surface area contributed by atoms with E-state index >= 15 is 0 Å². The van der Waals surface area contributed by atoms with E-state index in [0.29, 0.717) is 5.92 Å². The molecule has 2 aliphatic heterocycles. The van der Waals surface area contributed by atoms with Crippen molar-refractivity contribution in [3.8, 4) is 0 Å². The van der Waals surface area contributed by atoms with Gasteiger partial charge in [-0.3, -0.25) is 0 Å². The standard InChI is InChI=1S/C17H16FNO/c18-12-6-7-15-14(10-12)17-13(8-9-20-17)16(19-15)11-4-2-1-3-5-11/h1-7,10,13,16-17,19H,8-9H2/t13-,16+,17-/m1/s1. The van der Waals surface area contributed by atoms with Crippen LogP contribution in [-0.4, -0.2) is 6.61 Å². The molecule has 0 radical (unpaired) electrons. The molecule has 0 aliphatic carbocycles.